The molecular weight excluding hydrogens is 216 g/mol. The fraction of sp³-hybridized carbons (Fsp3) is 0.923. The van der Waals surface area contributed by atoms with Gasteiger partial charge in [0, 0.05) is 31.2 Å². The lowest BCUT2D eigenvalue weighted by Crippen LogP contribution is -2.42. The zero-order valence-electron chi connectivity index (χ0n) is 11.3. The van der Waals surface area contributed by atoms with Crippen LogP contribution in [0.1, 0.15) is 40.0 Å². The second-order valence-electron chi connectivity index (χ2n) is 5.40. The average Bonchev–Trinajstić information content (AvgIpc) is 2.76. The van der Waals surface area contributed by atoms with E-state index in [1.165, 1.54) is 0 Å². The van der Waals surface area contributed by atoms with Gasteiger partial charge in [-0.05, 0) is 12.8 Å². The van der Waals surface area contributed by atoms with Gasteiger partial charge >= 0.3 is 0 Å². The highest BCUT2D eigenvalue weighted by Gasteiger charge is 2.25. The maximum absolute atomic E-state index is 11.9. The Balaban J connectivity index is 2.10. The van der Waals surface area contributed by atoms with Crippen molar-refractivity contribution < 1.29 is 9.53 Å². The van der Waals surface area contributed by atoms with E-state index in [0.29, 0.717) is 12.6 Å². The highest BCUT2D eigenvalue weighted by molar-refractivity contribution is 5.81. The molecule has 2 N–H and O–H groups in total. The molecule has 1 amide bonds. The topological polar surface area (TPSA) is 50.4 Å². The summed E-state index contributed by atoms with van der Waals surface area (Å²) in [6.45, 7) is 9.29. The van der Waals surface area contributed by atoms with Crippen LogP contribution in [0.4, 0.5) is 0 Å². The number of carbonyl (C=O) groups is 1. The van der Waals surface area contributed by atoms with E-state index in [9.17, 15) is 4.79 Å². The molecule has 0 aromatic carbocycles. The number of amides is 1. The molecule has 1 fully saturated rings. The van der Waals surface area contributed by atoms with E-state index in [1.54, 1.807) is 0 Å². The van der Waals surface area contributed by atoms with Crippen molar-refractivity contribution in [2.75, 3.05) is 26.3 Å². The summed E-state index contributed by atoms with van der Waals surface area (Å²) in [5, 5.41) is 6.37. The fourth-order valence-electron chi connectivity index (χ4n) is 2.13. The van der Waals surface area contributed by atoms with Crippen molar-refractivity contribution in [2.24, 2.45) is 5.41 Å². The van der Waals surface area contributed by atoms with Crippen LogP contribution in [-0.4, -0.2) is 38.3 Å². The molecule has 1 heterocycles. The zero-order valence-corrected chi connectivity index (χ0v) is 11.3. The minimum absolute atomic E-state index is 0.156. The molecule has 4 nitrogen and oxygen atoms in total. The summed E-state index contributed by atoms with van der Waals surface area (Å²) in [5.74, 6) is 0.156. The van der Waals surface area contributed by atoms with Gasteiger partial charge in [-0.3, -0.25) is 4.79 Å². The third-order valence-electron chi connectivity index (χ3n) is 3.26. The van der Waals surface area contributed by atoms with Gasteiger partial charge in [0.1, 0.15) is 0 Å². The van der Waals surface area contributed by atoms with Crippen molar-refractivity contribution in [1.29, 1.82) is 0 Å². The number of rotatable bonds is 7. The highest BCUT2D eigenvalue weighted by atomic mass is 16.5. The first-order chi connectivity index (χ1) is 8.06. The first kappa shape index (κ1) is 14.5. The van der Waals surface area contributed by atoms with Gasteiger partial charge in [-0.2, -0.15) is 0 Å². The maximum Gasteiger partial charge on any atom is 0.225 e. The largest absolute Gasteiger partial charge is 0.380 e. The Morgan fingerprint density at radius 1 is 1.41 bits per heavy atom. The lowest BCUT2D eigenvalue weighted by Gasteiger charge is -2.23. The molecule has 100 valence electrons. The molecule has 4 heteroatoms. The van der Waals surface area contributed by atoms with Crippen LogP contribution in [0.3, 0.4) is 0 Å². The van der Waals surface area contributed by atoms with Crippen LogP contribution in [-0.2, 0) is 9.53 Å². The van der Waals surface area contributed by atoms with E-state index in [4.69, 9.17) is 4.74 Å². The van der Waals surface area contributed by atoms with E-state index >= 15 is 0 Å². The monoisotopic (exact) mass is 242 g/mol. The van der Waals surface area contributed by atoms with Crippen LogP contribution in [0.5, 0.6) is 0 Å². The minimum atomic E-state index is -0.245. The van der Waals surface area contributed by atoms with Crippen LogP contribution in [0.2, 0.25) is 0 Å². The molecule has 1 saturated heterocycles. The first-order valence-electron chi connectivity index (χ1n) is 6.65. The third-order valence-corrected chi connectivity index (χ3v) is 3.26. The SMILES string of the molecule is CCCC(C)(C)C(=O)NCCNC1CCOC1. The maximum atomic E-state index is 11.9. The third kappa shape index (κ3) is 5.04. The van der Waals surface area contributed by atoms with Crippen molar-refractivity contribution in [1.82, 2.24) is 10.6 Å². The Morgan fingerprint density at radius 2 is 2.18 bits per heavy atom. The van der Waals surface area contributed by atoms with Gasteiger partial charge < -0.3 is 15.4 Å². The molecule has 0 bridgehead atoms. The van der Waals surface area contributed by atoms with Gasteiger partial charge in [0.25, 0.3) is 0 Å². The molecule has 1 atom stereocenters. The number of carbonyl (C=O) groups excluding carboxylic acids is 1. The Morgan fingerprint density at radius 3 is 2.76 bits per heavy atom. The van der Waals surface area contributed by atoms with Crippen LogP contribution in [0.15, 0.2) is 0 Å². The Hall–Kier alpha value is -0.610. The van der Waals surface area contributed by atoms with E-state index in [0.717, 1.165) is 39.0 Å². The van der Waals surface area contributed by atoms with E-state index in [2.05, 4.69) is 17.6 Å². The Bertz CT molecular complexity index is 236. The predicted molar refractivity (Wildman–Crippen MR) is 68.9 cm³/mol. The summed E-state index contributed by atoms with van der Waals surface area (Å²) in [6.07, 6.45) is 3.05. The second-order valence-corrected chi connectivity index (χ2v) is 5.40. The standard InChI is InChI=1S/C13H26N2O2/c1-4-6-13(2,3)12(16)15-8-7-14-11-5-9-17-10-11/h11,14H,4-10H2,1-3H3,(H,15,16). The Kier molecular flexibility index (Phi) is 5.92. The molecule has 1 rings (SSSR count). The number of hydrogen-bond acceptors (Lipinski definition) is 3. The minimum Gasteiger partial charge on any atom is -0.380 e. The van der Waals surface area contributed by atoms with E-state index in [-0.39, 0.29) is 11.3 Å². The number of hydrogen-bond donors (Lipinski definition) is 2. The molecule has 0 radical (unpaired) electrons. The smallest absolute Gasteiger partial charge is 0.225 e. The lowest BCUT2D eigenvalue weighted by atomic mass is 9.87. The predicted octanol–water partition coefficient (Wildman–Crippen LogP) is 1.31. The van der Waals surface area contributed by atoms with Crippen molar-refractivity contribution in [3.63, 3.8) is 0 Å². The molecule has 0 saturated carbocycles. The van der Waals surface area contributed by atoms with Crippen molar-refractivity contribution in [3.05, 3.63) is 0 Å². The quantitative estimate of drug-likeness (QED) is 0.662. The fourth-order valence-corrected chi connectivity index (χ4v) is 2.13. The lowest BCUT2D eigenvalue weighted by molar-refractivity contribution is -0.129. The summed E-state index contributed by atoms with van der Waals surface area (Å²) >= 11 is 0. The van der Waals surface area contributed by atoms with Gasteiger partial charge in [0.05, 0.1) is 6.61 Å². The molecule has 0 aromatic heterocycles. The molecule has 0 aliphatic carbocycles. The number of ether oxygens (including phenoxy) is 1. The Labute approximate surface area is 104 Å². The average molecular weight is 242 g/mol. The normalized spacial score (nSPS) is 20.5. The van der Waals surface area contributed by atoms with E-state index < -0.39 is 0 Å². The summed E-state index contributed by atoms with van der Waals surface area (Å²) in [5.41, 5.74) is -0.245. The molecule has 1 unspecified atom stereocenters. The van der Waals surface area contributed by atoms with Crippen LogP contribution >= 0.6 is 0 Å². The van der Waals surface area contributed by atoms with Crippen molar-refractivity contribution in [2.45, 2.75) is 46.1 Å². The van der Waals surface area contributed by atoms with Gasteiger partial charge in [0.15, 0.2) is 0 Å². The summed E-state index contributed by atoms with van der Waals surface area (Å²) in [4.78, 5) is 11.9. The zero-order chi connectivity index (χ0) is 12.7. The second kappa shape index (κ2) is 6.97. The van der Waals surface area contributed by atoms with Crippen LogP contribution < -0.4 is 10.6 Å². The molecule has 17 heavy (non-hydrogen) atoms. The number of nitrogens with one attached hydrogen (secondary N) is 2. The molecule has 0 aromatic rings. The van der Waals surface area contributed by atoms with Gasteiger partial charge in [-0.15, -0.1) is 0 Å². The van der Waals surface area contributed by atoms with Gasteiger partial charge in [-0.1, -0.05) is 27.2 Å². The van der Waals surface area contributed by atoms with Gasteiger partial charge in [-0.25, -0.2) is 0 Å². The van der Waals surface area contributed by atoms with E-state index in [1.807, 2.05) is 13.8 Å². The molecule has 1 aliphatic heterocycles. The highest BCUT2D eigenvalue weighted by Crippen LogP contribution is 2.21. The summed E-state index contributed by atoms with van der Waals surface area (Å²) in [7, 11) is 0. The molecule has 0 spiro atoms. The summed E-state index contributed by atoms with van der Waals surface area (Å²) < 4.78 is 5.27. The van der Waals surface area contributed by atoms with Crippen molar-refractivity contribution in [3.8, 4) is 0 Å². The molecule has 1 aliphatic rings. The van der Waals surface area contributed by atoms with Crippen molar-refractivity contribution >= 4 is 5.91 Å². The van der Waals surface area contributed by atoms with Crippen LogP contribution in [0, 0.1) is 5.41 Å². The molecular formula is C13H26N2O2. The van der Waals surface area contributed by atoms with Crippen LogP contribution in [0.25, 0.3) is 0 Å². The first-order valence-corrected chi connectivity index (χ1v) is 6.65. The van der Waals surface area contributed by atoms with Gasteiger partial charge in [0.2, 0.25) is 5.91 Å². The summed E-state index contributed by atoms with van der Waals surface area (Å²) in [6, 6.07) is 0.468.